The Morgan fingerprint density at radius 1 is 1.40 bits per heavy atom. The minimum absolute atomic E-state index is 0.0546. The highest BCUT2D eigenvalue weighted by atomic mass is 16.3. The summed E-state index contributed by atoms with van der Waals surface area (Å²) in [5.41, 5.74) is 7.50. The van der Waals surface area contributed by atoms with Gasteiger partial charge in [0.05, 0.1) is 12.1 Å². The van der Waals surface area contributed by atoms with Gasteiger partial charge in [-0.3, -0.25) is 0 Å². The molecule has 2 aromatic rings. The molecule has 0 amide bonds. The molecule has 15 heavy (non-hydrogen) atoms. The average Bonchev–Trinajstić information content (AvgIpc) is 2.60. The molecular weight excluding hydrogens is 188 g/mol. The Labute approximate surface area is 89.1 Å². The van der Waals surface area contributed by atoms with Crippen molar-refractivity contribution in [3.63, 3.8) is 0 Å². The van der Waals surface area contributed by atoms with Crippen molar-refractivity contribution in [2.75, 3.05) is 6.61 Å². The summed E-state index contributed by atoms with van der Waals surface area (Å²) in [6, 6.07) is 8.02. The maximum atomic E-state index is 9.28. The van der Waals surface area contributed by atoms with Crippen LogP contribution in [0.3, 0.4) is 0 Å². The van der Waals surface area contributed by atoms with Gasteiger partial charge in [0.1, 0.15) is 0 Å². The first kappa shape index (κ1) is 10.2. The van der Waals surface area contributed by atoms with E-state index in [0.717, 1.165) is 16.5 Å². The summed E-state index contributed by atoms with van der Waals surface area (Å²) < 4.78 is 2.05. The van der Waals surface area contributed by atoms with Crippen LogP contribution < -0.4 is 5.73 Å². The smallest absolute Gasteiger partial charge is 0.0650 e. The molecule has 0 aliphatic carbocycles. The minimum atomic E-state index is -0.680. The highest BCUT2D eigenvalue weighted by Crippen LogP contribution is 2.26. The molecule has 2 rings (SSSR count). The molecular formula is C12H16N2O. The van der Waals surface area contributed by atoms with Crippen LogP contribution in [-0.2, 0) is 12.6 Å². The standard InChI is InChI=1S/C12H16N2O/c1-12(13,8-15)10-4-3-5-11-9(10)6-7-14(11)2/h3-7,15H,8,13H2,1-2H3. The summed E-state index contributed by atoms with van der Waals surface area (Å²) in [7, 11) is 2.00. The van der Waals surface area contributed by atoms with E-state index < -0.39 is 5.54 Å². The number of rotatable bonds is 2. The highest BCUT2D eigenvalue weighted by Gasteiger charge is 2.22. The van der Waals surface area contributed by atoms with Crippen molar-refractivity contribution >= 4 is 10.9 Å². The van der Waals surface area contributed by atoms with Gasteiger partial charge in [0.2, 0.25) is 0 Å². The Kier molecular flexibility index (Phi) is 2.29. The summed E-state index contributed by atoms with van der Waals surface area (Å²) in [6.07, 6.45) is 2.00. The molecule has 1 unspecified atom stereocenters. The fourth-order valence-corrected chi connectivity index (χ4v) is 1.89. The van der Waals surface area contributed by atoms with E-state index in [1.165, 1.54) is 0 Å². The first-order valence-corrected chi connectivity index (χ1v) is 5.00. The molecule has 0 spiro atoms. The van der Waals surface area contributed by atoms with E-state index in [1.807, 2.05) is 49.0 Å². The van der Waals surface area contributed by atoms with Crippen LogP contribution in [0.2, 0.25) is 0 Å². The predicted octanol–water partition coefficient (Wildman–Crippen LogP) is 1.34. The third-order valence-electron chi connectivity index (χ3n) is 2.87. The molecule has 0 bridgehead atoms. The van der Waals surface area contributed by atoms with Gasteiger partial charge in [0, 0.05) is 24.1 Å². The Balaban J connectivity index is 2.71. The molecule has 0 saturated carbocycles. The number of nitrogens with two attached hydrogens (primary N) is 1. The van der Waals surface area contributed by atoms with Crippen molar-refractivity contribution in [2.45, 2.75) is 12.5 Å². The molecule has 80 valence electrons. The van der Waals surface area contributed by atoms with Crippen molar-refractivity contribution in [3.05, 3.63) is 36.0 Å². The normalized spacial score (nSPS) is 15.5. The van der Waals surface area contributed by atoms with Gasteiger partial charge >= 0.3 is 0 Å². The molecule has 1 heterocycles. The third kappa shape index (κ3) is 1.54. The van der Waals surface area contributed by atoms with Gasteiger partial charge in [-0.05, 0) is 24.6 Å². The highest BCUT2D eigenvalue weighted by molar-refractivity contribution is 5.84. The van der Waals surface area contributed by atoms with Gasteiger partial charge in [-0.25, -0.2) is 0 Å². The van der Waals surface area contributed by atoms with E-state index in [0.29, 0.717) is 0 Å². The largest absolute Gasteiger partial charge is 0.394 e. The van der Waals surface area contributed by atoms with Crippen LogP contribution in [0.4, 0.5) is 0 Å². The second-order valence-electron chi connectivity index (χ2n) is 4.24. The molecule has 0 aliphatic heterocycles. The van der Waals surface area contributed by atoms with E-state index in [-0.39, 0.29) is 6.61 Å². The second-order valence-corrected chi connectivity index (χ2v) is 4.24. The monoisotopic (exact) mass is 204 g/mol. The maximum absolute atomic E-state index is 9.28. The van der Waals surface area contributed by atoms with Crippen LogP contribution in [0.25, 0.3) is 10.9 Å². The van der Waals surface area contributed by atoms with Crippen molar-refractivity contribution in [3.8, 4) is 0 Å². The van der Waals surface area contributed by atoms with Gasteiger partial charge in [-0.15, -0.1) is 0 Å². The zero-order valence-corrected chi connectivity index (χ0v) is 9.07. The number of aliphatic hydroxyl groups is 1. The fraction of sp³-hybridized carbons (Fsp3) is 0.333. The number of fused-ring (bicyclic) bond motifs is 1. The van der Waals surface area contributed by atoms with Crippen LogP contribution in [-0.4, -0.2) is 16.3 Å². The van der Waals surface area contributed by atoms with E-state index in [1.54, 1.807) is 0 Å². The van der Waals surface area contributed by atoms with Gasteiger partial charge in [-0.1, -0.05) is 12.1 Å². The van der Waals surface area contributed by atoms with Crippen LogP contribution in [0.5, 0.6) is 0 Å². The summed E-state index contributed by atoms with van der Waals surface area (Å²) in [6.45, 7) is 1.79. The van der Waals surface area contributed by atoms with Gasteiger partial charge in [0.25, 0.3) is 0 Å². The minimum Gasteiger partial charge on any atom is -0.394 e. The molecule has 0 fully saturated rings. The van der Waals surface area contributed by atoms with Crippen molar-refractivity contribution in [1.29, 1.82) is 0 Å². The lowest BCUT2D eigenvalue weighted by Gasteiger charge is -2.23. The number of aryl methyl sites for hydroxylation is 1. The second kappa shape index (κ2) is 3.36. The van der Waals surface area contributed by atoms with Crippen LogP contribution >= 0.6 is 0 Å². The Hall–Kier alpha value is -1.32. The molecule has 1 aromatic carbocycles. The lowest BCUT2D eigenvalue weighted by atomic mass is 9.91. The lowest BCUT2D eigenvalue weighted by molar-refractivity contribution is 0.211. The van der Waals surface area contributed by atoms with Gasteiger partial charge < -0.3 is 15.4 Å². The van der Waals surface area contributed by atoms with Crippen LogP contribution in [0, 0.1) is 0 Å². The number of aromatic nitrogens is 1. The molecule has 0 radical (unpaired) electrons. The topological polar surface area (TPSA) is 51.2 Å². The van der Waals surface area contributed by atoms with E-state index in [2.05, 4.69) is 0 Å². The zero-order chi connectivity index (χ0) is 11.1. The van der Waals surface area contributed by atoms with Crippen molar-refractivity contribution in [2.24, 2.45) is 12.8 Å². The lowest BCUT2D eigenvalue weighted by Crippen LogP contribution is -2.37. The zero-order valence-electron chi connectivity index (χ0n) is 9.07. The summed E-state index contributed by atoms with van der Waals surface area (Å²) in [5, 5.41) is 10.4. The van der Waals surface area contributed by atoms with Crippen LogP contribution in [0.15, 0.2) is 30.5 Å². The third-order valence-corrected chi connectivity index (χ3v) is 2.87. The van der Waals surface area contributed by atoms with Crippen molar-refractivity contribution < 1.29 is 5.11 Å². The average molecular weight is 204 g/mol. The summed E-state index contributed by atoms with van der Waals surface area (Å²) in [5.74, 6) is 0. The quantitative estimate of drug-likeness (QED) is 0.775. The number of hydrogen-bond donors (Lipinski definition) is 2. The van der Waals surface area contributed by atoms with E-state index >= 15 is 0 Å². The number of hydrogen-bond acceptors (Lipinski definition) is 2. The van der Waals surface area contributed by atoms with Crippen molar-refractivity contribution in [1.82, 2.24) is 4.57 Å². The van der Waals surface area contributed by atoms with E-state index in [9.17, 15) is 5.11 Å². The molecule has 1 aromatic heterocycles. The van der Waals surface area contributed by atoms with Gasteiger partial charge in [-0.2, -0.15) is 0 Å². The Bertz CT molecular complexity index is 485. The van der Waals surface area contributed by atoms with E-state index in [4.69, 9.17) is 5.73 Å². The molecule has 0 saturated heterocycles. The Morgan fingerprint density at radius 3 is 2.80 bits per heavy atom. The predicted molar refractivity (Wildman–Crippen MR) is 61.5 cm³/mol. The fourth-order valence-electron chi connectivity index (χ4n) is 1.89. The number of aliphatic hydroxyl groups excluding tert-OH is 1. The molecule has 0 aliphatic rings. The number of nitrogens with zero attached hydrogens (tertiary/aromatic N) is 1. The molecule has 3 nitrogen and oxygen atoms in total. The SMILES string of the molecule is Cn1ccc2c(C(C)(N)CO)cccc21. The summed E-state index contributed by atoms with van der Waals surface area (Å²) in [4.78, 5) is 0. The first-order chi connectivity index (χ1) is 7.06. The van der Waals surface area contributed by atoms with Gasteiger partial charge in [0.15, 0.2) is 0 Å². The van der Waals surface area contributed by atoms with Crippen LogP contribution in [0.1, 0.15) is 12.5 Å². The molecule has 1 atom stereocenters. The maximum Gasteiger partial charge on any atom is 0.0650 e. The Morgan fingerprint density at radius 2 is 2.13 bits per heavy atom. The summed E-state index contributed by atoms with van der Waals surface area (Å²) >= 11 is 0. The first-order valence-electron chi connectivity index (χ1n) is 5.00. The molecule has 3 heteroatoms. The number of benzene rings is 1. The molecule has 3 N–H and O–H groups in total.